The topological polar surface area (TPSA) is 67.4 Å². The van der Waals surface area contributed by atoms with Gasteiger partial charge in [-0.3, -0.25) is 4.79 Å². The average molecular weight is 276 g/mol. The van der Waals surface area contributed by atoms with Crippen LogP contribution in [-0.4, -0.2) is 31.6 Å². The normalized spacial score (nSPS) is 17.8. The van der Waals surface area contributed by atoms with Crippen LogP contribution in [0.5, 0.6) is 0 Å². The Kier molecular flexibility index (Phi) is 5.12. The number of nitrogens with one attached hydrogen (secondary N) is 2. The fourth-order valence-electron chi connectivity index (χ4n) is 2.19. The summed E-state index contributed by atoms with van der Waals surface area (Å²) in [5.41, 5.74) is 1.50. The molecule has 5 nitrogen and oxygen atoms in total. The van der Waals surface area contributed by atoms with Crippen LogP contribution < -0.4 is 10.6 Å². The van der Waals surface area contributed by atoms with E-state index in [4.69, 9.17) is 4.74 Å². The van der Waals surface area contributed by atoms with Gasteiger partial charge in [0, 0.05) is 13.1 Å². The van der Waals surface area contributed by atoms with E-state index in [-0.39, 0.29) is 17.8 Å². The zero-order valence-corrected chi connectivity index (χ0v) is 11.6. The molecule has 20 heavy (non-hydrogen) atoms. The second kappa shape index (κ2) is 7.05. The van der Waals surface area contributed by atoms with E-state index in [0.29, 0.717) is 18.7 Å². The SMILES string of the molecule is CCOC(=O)c1ccc(CNC(=O)C2CCNC2)cc1. The van der Waals surface area contributed by atoms with Crippen molar-refractivity contribution in [3.63, 3.8) is 0 Å². The summed E-state index contributed by atoms with van der Waals surface area (Å²) in [7, 11) is 0. The number of hydrogen-bond donors (Lipinski definition) is 2. The second-order valence-electron chi connectivity index (χ2n) is 4.82. The van der Waals surface area contributed by atoms with Crippen molar-refractivity contribution in [2.45, 2.75) is 19.9 Å². The monoisotopic (exact) mass is 276 g/mol. The molecule has 0 bridgehead atoms. The number of esters is 1. The van der Waals surface area contributed by atoms with Crippen molar-refractivity contribution >= 4 is 11.9 Å². The van der Waals surface area contributed by atoms with Gasteiger partial charge in [0.25, 0.3) is 0 Å². The molecule has 0 radical (unpaired) electrons. The third-order valence-electron chi connectivity index (χ3n) is 3.36. The first kappa shape index (κ1) is 14.5. The van der Waals surface area contributed by atoms with E-state index in [1.165, 1.54) is 0 Å². The molecule has 1 aliphatic heterocycles. The Bertz CT molecular complexity index is 465. The number of hydrogen-bond acceptors (Lipinski definition) is 4. The molecule has 1 saturated heterocycles. The van der Waals surface area contributed by atoms with Crippen LogP contribution in [0, 0.1) is 5.92 Å². The Morgan fingerprint density at radius 2 is 2.10 bits per heavy atom. The molecular weight excluding hydrogens is 256 g/mol. The van der Waals surface area contributed by atoms with Crippen molar-refractivity contribution in [2.75, 3.05) is 19.7 Å². The Morgan fingerprint density at radius 3 is 2.70 bits per heavy atom. The van der Waals surface area contributed by atoms with Crippen LogP contribution in [-0.2, 0) is 16.1 Å². The maximum Gasteiger partial charge on any atom is 0.338 e. The van der Waals surface area contributed by atoms with Crippen molar-refractivity contribution < 1.29 is 14.3 Å². The molecule has 108 valence electrons. The average Bonchev–Trinajstić information content (AvgIpc) is 3.00. The number of carbonyl (C=O) groups is 2. The minimum atomic E-state index is -0.319. The molecule has 1 aliphatic rings. The molecule has 2 N–H and O–H groups in total. The predicted molar refractivity (Wildman–Crippen MR) is 75.2 cm³/mol. The molecule has 2 rings (SSSR count). The highest BCUT2D eigenvalue weighted by atomic mass is 16.5. The molecule has 0 spiro atoms. The van der Waals surface area contributed by atoms with Gasteiger partial charge in [0.2, 0.25) is 5.91 Å². The van der Waals surface area contributed by atoms with Crippen LogP contribution in [0.3, 0.4) is 0 Å². The Morgan fingerprint density at radius 1 is 1.35 bits per heavy atom. The van der Waals surface area contributed by atoms with Gasteiger partial charge in [0.1, 0.15) is 0 Å². The van der Waals surface area contributed by atoms with E-state index in [2.05, 4.69) is 10.6 Å². The third-order valence-corrected chi connectivity index (χ3v) is 3.36. The molecule has 1 fully saturated rings. The number of ether oxygens (including phenoxy) is 1. The Labute approximate surface area is 118 Å². The van der Waals surface area contributed by atoms with Crippen molar-refractivity contribution in [2.24, 2.45) is 5.92 Å². The van der Waals surface area contributed by atoms with Crippen molar-refractivity contribution in [3.05, 3.63) is 35.4 Å². The summed E-state index contributed by atoms with van der Waals surface area (Å²) in [5.74, 6) is -0.154. The van der Waals surface area contributed by atoms with Crippen LogP contribution in [0.2, 0.25) is 0 Å². The number of rotatable bonds is 5. The number of benzene rings is 1. The van der Waals surface area contributed by atoms with E-state index in [9.17, 15) is 9.59 Å². The van der Waals surface area contributed by atoms with E-state index >= 15 is 0 Å². The van der Waals surface area contributed by atoms with Crippen molar-refractivity contribution in [3.8, 4) is 0 Å². The van der Waals surface area contributed by atoms with Crippen molar-refractivity contribution in [1.82, 2.24) is 10.6 Å². The quantitative estimate of drug-likeness (QED) is 0.790. The first-order valence-corrected chi connectivity index (χ1v) is 6.95. The van der Waals surface area contributed by atoms with Crippen molar-refractivity contribution in [1.29, 1.82) is 0 Å². The summed E-state index contributed by atoms with van der Waals surface area (Å²) in [6.07, 6.45) is 0.896. The zero-order valence-electron chi connectivity index (χ0n) is 11.6. The Hall–Kier alpha value is -1.88. The summed E-state index contributed by atoms with van der Waals surface area (Å²) in [4.78, 5) is 23.4. The molecular formula is C15H20N2O3. The zero-order chi connectivity index (χ0) is 14.4. The third kappa shape index (κ3) is 3.81. The highest BCUT2D eigenvalue weighted by Gasteiger charge is 2.21. The summed E-state index contributed by atoms with van der Waals surface area (Å²) in [5, 5.41) is 6.09. The summed E-state index contributed by atoms with van der Waals surface area (Å²) in [6, 6.07) is 7.10. The minimum Gasteiger partial charge on any atom is -0.462 e. The van der Waals surface area contributed by atoms with Crippen LogP contribution in [0.25, 0.3) is 0 Å². The molecule has 1 unspecified atom stereocenters. The fraction of sp³-hybridized carbons (Fsp3) is 0.467. The van der Waals surface area contributed by atoms with Crippen LogP contribution >= 0.6 is 0 Å². The van der Waals surface area contributed by atoms with Gasteiger partial charge in [-0.15, -0.1) is 0 Å². The molecule has 1 amide bonds. The molecule has 0 saturated carbocycles. The first-order chi connectivity index (χ1) is 9.70. The van der Waals surface area contributed by atoms with E-state index in [1.54, 1.807) is 19.1 Å². The molecule has 0 aliphatic carbocycles. The van der Waals surface area contributed by atoms with E-state index in [1.807, 2.05) is 12.1 Å². The van der Waals surface area contributed by atoms with Crippen LogP contribution in [0.1, 0.15) is 29.3 Å². The smallest absolute Gasteiger partial charge is 0.338 e. The standard InChI is InChI=1S/C15H20N2O3/c1-2-20-15(19)12-5-3-11(4-6-12)9-17-14(18)13-7-8-16-10-13/h3-6,13,16H,2,7-10H2,1H3,(H,17,18). The second-order valence-corrected chi connectivity index (χ2v) is 4.82. The first-order valence-electron chi connectivity index (χ1n) is 6.95. The van der Waals surface area contributed by atoms with Crippen LogP contribution in [0.15, 0.2) is 24.3 Å². The highest BCUT2D eigenvalue weighted by molar-refractivity contribution is 5.89. The van der Waals surface area contributed by atoms with Gasteiger partial charge in [0.05, 0.1) is 18.1 Å². The minimum absolute atomic E-state index is 0.0776. The largest absolute Gasteiger partial charge is 0.462 e. The number of amides is 1. The Balaban J connectivity index is 1.84. The van der Waals surface area contributed by atoms with Gasteiger partial charge >= 0.3 is 5.97 Å². The lowest BCUT2D eigenvalue weighted by molar-refractivity contribution is -0.124. The van der Waals surface area contributed by atoms with Gasteiger partial charge in [-0.2, -0.15) is 0 Å². The molecule has 5 heteroatoms. The highest BCUT2D eigenvalue weighted by Crippen LogP contribution is 2.09. The molecule has 1 aromatic rings. The predicted octanol–water partition coefficient (Wildman–Crippen LogP) is 1.09. The molecule has 0 aromatic heterocycles. The van der Waals surface area contributed by atoms with Gasteiger partial charge in [-0.25, -0.2) is 4.79 Å². The van der Waals surface area contributed by atoms with E-state index in [0.717, 1.165) is 25.1 Å². The van der Waals surface area contributed by atoms with Gasteiger partial charge in [0.15, 0.2) is 0 Å². The molecule has 1 heterocycles. The molecule has 1 aromatic carbocycles. The lowest BCUT2D eigenvalue weighted by atomic mass is 10.1. The van der Waals surface area contributed by atoms with E-state index < -0.39 is 0 Å². The maximum absolute atomic E-state index is 11.9. The van der Waals surface area contributed by atoms with Gasteiger partial charge < -0.3 is 15.4 Å². The summed E-state index contributed by atoms with van der Waals surface area (Å²) >= 11 is 0. The lowest BCUT2D eigenvalue weighted by Gasteiger charge is -2.10. The fourth-order valence-corrected chi connectivity index (χ4v) is 2.19. The molecule has 1 atom stereocenters. The maximum atomic E-state index is 11.9. The number of carbonyl (C=O) groups excluding carboxylic acids is 2. The summed E-state index contributed by atoms with van der Waals surface area (Å²) in [6.45, 7) is 4.30. The van der Waals surface area contributed by atoms with Gasteiger partial charge in [-0.05, 0) is 37.6 Å². The summed E-state index contributed by atoms with van der Waals surface area (Å²) < 4.78 is 4.92. The van der Waals surface area contributed by atoms with Crippen LogP contribution in [0.4, 0.5) is 0 Å². The van der Waals surface area contributed by atoms with Gasteiger partial charge in [-0.1, -0.05) is 12.1 Å². The lowest BCUT2D eigenvalue weighted by Crippen LogP contribution is -2.31.